The van der Waals surface area contributed by atoms with Crippen LogP contribution in [-0.4, -0.2) is 77.6 Å². The van der Waals surface area contributed by atoms with Crippen molar-refractivity contribution in [2.45, 2.75) is 36.8 Å². The fourth-order valence-electron chi connectivity index (χ4n) is 3.69. The maximum atomic E-state index is 12.4. The van der Waals surface area contributed by atoms with E-state index >= 15 is 0 Å². The first-order chi connectivity index (χ1) is 17.4. The zero-order chi connectivity index (χ0) is 27.3. The molecule has 0 amide bonds. The topological polar surface area (TPSA) is 211 Å². The Balaban J connectivity index is 1.77. The van der Waals surface area contributed by atoms with E-state index in [-0.39, 0.29) is 11.3 Å². The lowest BCUT2D eigenvalue weighted by molar-refractivity contribution is -0.204. The van der Waals surface area contributed by atoms with Crippen LogP contribution in [0.25, 0.3) is 12.2 Å². The molecular formula is C25H24O12. The molecule has 0 saturated heterocycles. The number of hydrogen-bond donors (Lipinski definition) is 7. The van der Waals surface area contributed by atoms with Crippen LogP contribution in [0.5, 0.6) is 23.0 Å². The van der Waals surface area contributed by atoms with Gasteiger partial charge in [0.1, 0.15) is 6.10 Å². The molecule has 2 aromatic carbocycles. The number of esters is 2. The Morgan fingerprint density at radius 1 is 0.865 bits per heavy atom. The number of ether oxygens (including phenoxy) is 2. The number of carbonyl (C=O) groups excluding carboxylic acids is 2. The molecule has 0 spiro atoms. The molecule has 1 aliphatic rings. The summed E-state index contributed by atoms with van der Waals surface area (Å²) in [7, 11) is 0. The van der Waals surface area contributed by atoms with Crippen molar-refractivity contribution in [1.29, 1.82) is 0 Å². The monoisotopic (exact) mass is 516 g/mol. The highest BCUT2D eigenvalue weighted by Gasteiger charge is 2.52. The third-order valence-electron chi connectivity index (χ3n) is 5.61. The Morgan fingerprint density at radius 3 is 2.22 bits per heavy atom. The summed E-state index contributed by atoms with van der Waals surface area (Å²) in [5.74, 6) is -5.49. The van der Waals surface area contributed by atoms with Crippen LogP contribution in [0.4, 0.5) is 0 Å². The van der Waals surface area contributed by atoms with Crippen molar-refractivity contribution in [2.24, 2.45) is 0 Å². The minimum absolute atomic E-state index is 0.0785. The summed E-state index contributed by atoms with van der Waals surface area (Å²) in [6.07, 6.45) is -2.14. The second-order valence-electron chi connectivity index (χ2n) is 8.32. The number of aromatic hydroxyl groups is 4. The molecule has 0 aliphatic heterocycles. The van der Waals surface area contributed by atoms with E-state index in [2.05, 4.69) is 0 Å². The lowest BCUT2D eigenvalue weighted by Crippen LogP contribution is -2.58. The van der Waals surface area contributed by atoms with Gasteiger partial charge in [-0.1, -0.05) is 18.2 Å². The average Bonchev–Trinajstić information content (AvgIpc) is 2.83. The summed E-state index contributed by atoms with van der Waals surface area (Å²) in [5.41, 5.74) is -2.08. The van der Waals surface area contributed by atoms with E-state index in [4.69, 9.17) is 9.47 Å². The molecule has 1 saturated carbocycles. The van der Waals surface area contributed by atoms with Crippen LogP contribution >= 0.6 is 0 Å². The highest BCUT2D eigenvalue weighted by molar-refractivity contribution is 5.89. The van der Waals surface area contributed by atoms with Crippen LogP contribution < -0.4 is 0 Å². The zero-order valence-corrected chi connectivity index (χ0v) is 19.1. The third-order valence-corrected chi connectivity index (χ3v) is 5.61. The zero-order valence-electron chi connectivity index (χ0n) is 19.1. The van der Waals surface area contributed by atoms with Crippen LogP contribution in [0.2, 0.25) is 0 Å². The lowest BCUT2D eigenvalue weighted by Gasteiger charge is -2.40. The number of phenols is 4. The summed E-state index contributed by atoms with van der Waals surface area (Å²) in [6.45, 7) is 0. The maximum Gasteiger partial charge on any atom is 0.335 e. The number of carbonyl (C=O) groups is 3. The fraction of sp³-hybridized carbons (Fsp3) is 0.240. The molecule has 0 aromatic heterocycles. The van der Waals surface area contributed by atoms with E-state index in [0.717, 1.165) is 24.3 Å². The Bertz CT molecular complexity index is 1250. The number of para-hydroxylation sites is 1. The molecule has 12 heteroatoms. The predicted molar refractivity (Wildman–Crippen MR) is 125 cm³/mol. The van der Waals surface area contributed by atoms with Crippen molar-refractivity contribution in [3.8, 4) is 23.0 Å². The fourth-order valence-corrected chi connectivity index (χ4v) is 3.69. The molecule has 3 rings (SSSR count). The van der Waals surface area contributed by atoms with Crippen molar-refractivity contribution in [3.05, 3.63) is 59.7 Å². The minimum atomic E-state index is -2.47. The van der Waals surface area contributed by atoms with Gasteiger partial charge in [0, 0.05) is 30.6 Å². The van der Waals surface area contributed by atoms with Gasteiger partial charge in [-0.25, -0.2) is 14.4 Å². The molecule has 1 aliphatic carbocycles. The Morgan fingerprint density at radius 2 is 1.54 bits per heavy atom. The number of aliphatic carboxylic acids is 1. The Labute approximate surface area is 209 Å². The summed E-state index contributed by atoms with van der Waals surface area (Å²) in [5, 5.41) is 68.5. The smallest absolute Gasteiger partial charge is 0.335 e. The van der Waals surface area contributed by atoms with Gasteiger partial charge in [-0.15, -0.1) is 0 Å². The lowest BCUT2D eigenvalue weighted by atomic mass is 9.79. The first kappa shape index (κ1) is 27.0. The Kier molecular flexibility index (Phi) is 8.05. The summed E-state index contributed by atoms with van der Waals surface area (Å²) < 4.78 is 10.4. The number of rotatable bonds is 7. The Hall–Kier alpha value is -4.55. The van der Waals surface area contributed by atoms with Gasteiger partial charge in [0.15, 0.2) is 34.7 Å². The van der Waals surface area contributed by atoms with Crippen LogP contribution in [0, 0.1) is 0 Å². The maximum absolute atomic E-state index is 12.4. The molecule has 12 nitrogen and oxygen atoms in total. The molecule has 7 N–H and O–H groups in total. The van der Waals surface area contributed by atoms with E-state index < -0.39 is 71.9 Å². The molecule has 1 fully saturated rings. The summed E-state index contributed by atoms with van der Waals surface area (Å²) in [4.78, 5) is 36.3. The van der Waals surface area contributed by atoms with Crippen LogP contribution in [-0.2, 0) is 23.9 Å². The van der Waals surface area contributed by atoms with Crippen molar-refractivity contribution < 1.29 is 59.6 Å². The molecule has 0 unspecified atom stereocenters. The molecule has 4 atom stereocenters. The standard InChI is InChI=1S/C25H24O12/c26-15-7-4-13(10-17(15)28)5-8-20(30)36-19-12-25(35,24(33)34)11-18(29)23(19)37-21(31)9-6-14-2-1-3-16(27)22(14)32/h1-10,18-19,23,26-29,32,35H,11-12H2,(H,33,34)/t18-,19-,23-,25+/m1/s1. The molecule has 37 heavy (non-hydrogen) atoms. The van der Waals surface area contributed by atoms with Crippen LogP contribution in [0.1, 0.15) is 24.0 Å². The number of hydrogen-bond acceptors (Lipinski definition) is 11. The van der Waals surface area contributed by atoms with Gasteiger partial charge in [-0.05, 0) is 35.9 Å². The molecule has 2 aromatic rings. The van der Waals surface area contributed by atoms with Gasteiger partial charge in [0.25, 0.3) is 0 Å². The second kappa shape index (κ2) is 11.0. The van der Waals surface area contributed by atoms with E-state index in [0.29, 0.717) is 5.56 Å². The van der Waals surface area contributed by atoms with E-state index in [1.165, 1.54) is 36.4 Å². The number of carboxylic acid groups (broad SMARTS) is 1. The first-order valence-electron chi connectivity index (χ1n) is 10.8. The van der Waals surface area contributed by atoms with Gasteiger partial charge in [0.05, 0.1) is 6.10 Å². The summed E-state index contributed by atoms with van der Waals surface area (Å²) in [6, 6.07) is 7.77. The normalized spacial score (nSPS) is 23.7. The first-order valence-corrected chi connectivity index (χ1v) is 10.8. The average molecular weight is 516 g/mol. The molecule has 0 radical (unpaired) electrons. The summed E-state index contributed by atoms with van der Waals surface area (Å²) >= 11 is 0. The third kappa shape index (κ3) is 6.57. The number of aliphatic hydroxyl groups excluding tert-OH is 1. The quantitative estimate of drug-likeness (QED) is 0.156. The number of aliphatic hydroxyl groups is 2. The number of carboxylic acids is 1. The largest absolute Gasteiger partial charge is 0.504 e. The molecular weight excluding hydrogens is 492 g/mol. The highest BCUT2D eigenvalue weighted by atomic mass is 16.6. The van der Waals surface area contributed by atoms with Crippen LogP contribution in [0.15, 0.2) is 48.6 Å². The van der Waals surface area contributed by atoms with Gasteiger partial charge < -0.3 is 45.2 Å². The predicted octanol–water partition coefficient (Wildman–Crippen LogP) is 1.03. The van der Waals surface area contributed by atoms with E-state index in [1.54, 1.807) is 0 Å². The second-order valence-corrected chi connectivity index (χ2v) is 8.32. The molecule has 196 valence electrons. The van der Waals surface area contributed by atoms with E-state index in [1.807, 2.05) is 0 Å². The van der Waals surface area contributed by atoms with Crippen molar-refractivity contribution in [1.82, 2.24) is 0 Å². The van der Waals surface area contributed by atoms with Crippen molar-refractivity contribution in [3.63, 3.8) is 0 Å². The molecule has 0 heterocycles. The van der Waals surface area contributed by atoms with E-state index in [9.17, 15) is 50.1 Å². The van der Waals surface area contributed by atoms with Gasteiger partial charge in [0.2, 0.25) is 0 Å². The highest BCUT2D eigenvalue weighted by Crippen LogP contribution is 2.34. The van der Waals surface area contributed by atoms with Crippen molar-refractivity contribution in [2.75, 3.05) is 0 Å². The van der Waals surface area contributed by atoms with Gasteiger partial charge in [-0.2, -0.15) is 0 Å². The number of phenolic OH excluding ortho intramolecular Hbond substituents is 4. The van der Waals surface area contributed by atoms with Crippen LogP contribution in [0.3, 0.4) is 0 Å². The SMILES string of the molecule is O=C(C=Cc1cccc(O)c1O)O[C@@H]1[C@H](O)C[C@@](O)(C(=O)O)C[C@H]1OC(=O)C=Cc1ccc(O)c(O)c1. The van der Waals surface area contributed by atoms with Gasteiger partial charge in [-0.3, -0.25) is 0 Å². The van der Waals surface area contributed by atoms with Gasteiger partial charge >= 0.3 is 17.9 Å². The molecule has 0 bridgehead atoms. The van der Waals surface area contributed by atoms with Crippen molar-refractivity contribution >= 4 is 30.1 Å². The minimum Gasteiger partial charge on any atom is -0.504 e. The number of benzene rings is 2.